The standard InChI is InChI=1S/C12H19BrN2O/c1-4-14(5-2)6-7-15-9-11(13)8-10(3)12(15)16/h8-9H,4-7H2,1-3H3. The van der Waals surface area contributed by atoms with Gasteiger partial charge >= 0.3 is 0 Å². The van der Waals surface area contributed by atoms with Crippen molar-refractivity contribution in [3.8, 4) is 0 Å². The number of hydrogen-bond acceptors (Lipinski definition) is 2. The van der Waals surface area contributed by atoms with Crippen LogP contribution >= 0.6 is 15.9 Å². The molecule has 0 spiro atoms. The van der Waals surface area contributed by atoms with Crippen LogP contribution in [0.4, 0.5) is 0 Å². The molecular formula is C12H19BrN2O. The smallest absolute Gasteiger partial charge is 0.253 e. The van der Waals surface area contributed by atoms with Gasteiger partial charge in [0, 0.05) is 29.3 Å². The SMILES string of the molecule is CCN(CC)CCn1cc(Br)cc(C)c1=O. The summed E-state index contributed by atoms with van der Waals surface area (Å²) in [6, 6.07) is 1.86. The molecule has 0 unspecified atom stereocenters. The number of halogens is 1. The van der Waals surface area contributed by atoms with Gasteiger partial charge in [0.2, 0.25) is 0 Å². The van der Waals surface area contributed by atoms with Gasteiger partial charge in [0.25, 0.3) is 5.56 Å². The predicted molar refractivity (Wildman–Crippen MR) is 70.9 cm³/mol. The van der Waals surface area contributed by atoms with Crippen molar-refractivity contribution < 1.29 is 0 Å². The van der Waals surface area contributed by atoms with Crippen molar-refractivity contribution >= 4 is 15.9 Å². The fraction of sp³-hybridized carbons (Fsp3) is 0.583. The molecule has 1 rings (SSSR count). The van der Waals surface area contributed by atoms with E-state index in [0.717, 1.165) is 36.2 Å². The maximum Gasteiger partial charge on any atom is 0.253 e. The molecule has 0 aliphatic heterocycles. The van der Waals surface area contributed by atoms with E-state index < -0.39 is 0 Å². The molecule has 0 amide bonds. The first kappa shape index (κ1) is 13.5. The lowest BCUT2D eigenvalue weighted by molar-refractivity contribution is 0.289. The Hall–Kier alpha value is -0.610. The highest BCUT2D eigenvalue weighted by Gasteiger charge is 2.04. The van der Waals surface area contributed by atoms with E-state index in [1.807, 2.05) is 19.2 Å². The lowest BCUT2D eigenvalue weighted by Gasteiger charge is -2.18. The molecule has 1 heterocycles. The maximum absolute atomic E-state index is 11.8. The molecule has 0 atom stereocenters. The Morgan fingerprint density at radius 2 is 2.00 bits per heavy atom. The molecule has 4 heteroatoms. The fourth-order valence-corrected chi connectivity index (χ4v) is 2.29. The van der Waals surface area contributed by atoms with E-state index in [-0.39, 0.29) is 5.56 Å². The lowest BCUT2D eigenvalue weighted by atomic mass is 10.3. The maximum atomic E-state index is 11.8. The molecule has 3 nitrogen and oxygen atoms in total. The van der Waals surface area contributed by atoms with E-state index in [1.54, 1.807) is 4.57 Å². The second-order valence-corrected chi connectivity index (χ2v) is 4.78. The number of aryl methyl sites for hydroxylation is 1. The first-order valence-corrected chi connectivity index (χ1v) is 6.46. The van der Waals surface area contributed by atoms with E-state index in [0.29, 0.717) is 0 Å². The molecule has 0 aliphatic carbocycles. The molecular weight excluding hydrogens is 268 g/mol. The number of aromatic nitrogens is 1. The van der Waals surface area contributed by atoms with E-state index in [1.165, 1.54) is 0 Å². The van der Waals surface area contributed by atoms with Gasteiger partial charge in [0.1, 0.15) is 0 Å². The Labute approximate surface area is 105 Å². The van der Waals surface area contributed by atoms with Crippen molar-refractivity contribution in [3.05, 3.63) is 32.7 Å². The van der Waals surface area contributed by atoms with Crippen LogP contribution in [0.15, 0.2) is 21.5 Å². The molecule has 0 saturated carbocycles. The molecule has 0 bridgehead atoms. The molecule has 16 heavy (non-hydrogen) atoms. The zero-order valence-corrected chi connectivity index (χ0v) is 11.7. The van der Waals surface area contributed by atoms with Crippen LogP contribution in [0.1, 0.15) is 19.4 Å². The molecule has 0 radical (unpaired) electrons. The summed E-state index contributed by atoms with van der Waals surface area (Å²) in [5.41, 5.74) is 0.893. The quantitative estimate of drug-likeness (QED) is 0.830. The summed E-state index contributed by atoms with van der Waals surface area (Å²) in [7, 11) is 0. The highest BCUT2D eigenvalue weighted by Crippen LogP contribution is 2.07. The Balaban J connectivity index is 2.77. The van der Waals surface area contributed by atoms with Gasteiger partial charge < -0.3 is 9.47 Å². The first-order chi connectivity index (χ1) is 7.58. The van der Waals surface area contributed by atoms with Crippen LogP contribution < -0.4 is 5.56 Å². The van der Waals surface area contributed by atoms with Gasteiger partial charge in [-0.2, -0.15) is 0 Å². The minimum Gasteiger partial charge on any atom is -0.313 e. The van der Waals surface area contributed by atoms with E-state index in [2.05, 4.69) is 34.7 Å². The predicted octanol–water partition coefficient (Wildman–Crippen LogP) is 2.26. The number of nitrogens with zero attached hydrogens (tertiary/aromatic N) is 2. The summed E-state index contributed by atoms with van der Waals surface area (Å²) in [6.07, 6.45) is 1.86. The molecule has 0 saturated heterocycles. The molecule has 1 aromatic heterocycles. The summed E-state index contributed by atoms with van der Waals surface area (Å²) in [5, 5.41) is 0. The summed E-state index contributed by atoms with van der Waals surface area (Å²) < 4.78 is 2.74. The van der Waals surface area contributed by atoms with Crippen molar-refractivity contribution in [2.24, 2.45) is 0 Å². The zero-order chi connectivity index (χ0) is 12.1. The minimum atomic E-state index is 0.107. The van der Waals surface area contributed by atoms with Crippen molar-refractivity contribution in [1.82, 2.24) is 9.47 Å². The molecule has 0 fully saturated rings. The molecule has 90 valence electrons. The summed E-state index contributed by atoms with van der Waals surface area (Å²) >= 11 is 3.41. The molecule has 0 aliphatic rings. The number of pyridine rings is 1. The highest BCUT2D eigenvalue weighted by atomic mass is 79.9. The molecule has 1 aromatic rings. The average molecular weight is 287 g/mol. The third-order valence-corrected chi connectivity index (χ3v) is 3.22. The number of likely N-dealkylation sites (N-methyl/N-ethyl adjacent to an activating group) is 1. The average Bonchev–Trinajstić information content (AvgIpc) is 2.26. The van der Waals surface area contributed by atoms with Crippen LogP contribution in [-0.2, 0) is 6.54 Å². The van der Waals surface area contributed by atoms with Gasteiger partial charge in [-0.1, -0.05) is 13.8 Å². The van der Waals surface area contributed by atoms with Crippen LogP contribution in [0, 0.1) is 6.92 Å². The van der Waals surface area contributed by atoms with Crippen molar-refractivity contribution in [1.29, 1.82) is 0 Å². The third-order valence-electron chi connectivity index (χ3n) is 2.78. The van der Waals surface area contributed by atoms with E-state index >= 15 is 0 Å². The lowest BCUT2D eigenvalue weighted by Crippen LogP contribution is -2.31. The Morgan fingerprint density at radius 1 is 1.38 bits per heavy atom. The molecule has 0 N–H and O–H groups in total. The van der Waals surface area contributed by atoms with Gasteiger partial charge in [-0.3, -0.25) is 4.79 Å². The first-order valence-electron chi connectivity index (χ1n) is 5.67. The van der Waals surface area contributed by atoms with Gasteiger partial charge in [-0.15, -0.1) is 0 Å². The number of hydrogen-bond donors (Lipinski definition) is 0. The van der Waals surface area contributed by atoms with Crippen LogP contribution in [0.25, 0.3) is 0 Å². The van der Waals surface area contributed by atoms with E-state index in [4.69, 9.17) is 0 Å². The number of rotatable bonds is 5. The third kappa shape index (κ3) is 3.46. The second kappa shape index (κ2) is 6.21. The largest absolute Gasteiger partial charge is 0.313 e. The normalized spacial score (nSPS) is 11.1. The highest BCUT2D eigenvalue weighted by molar-refractivity contribution is 9.10. The van der Waals surface area contributed by atoms with Crippen molar-refractivity contribution in [3.63, 3.8) is 0 Å². The van der Waals surface area contributed by atoms with Crippen LogP contribution in [0.5, 0.6) is 0 Å². The Bertz CT molecular complexity index is 396. The Kier molecular flexibility index (Phi) is 5.22. The van der Waals surface area contributed by atoms with Crippen molar-refractivity contribution in [2.45, 2.75) is 27.3 Å². The van der Waals surface area contributed by atoms with Gasteiger partial charge in [-0.05, 0) is 42.0 Å². The topological polar surface area (TPSA) is 25.2 Å². The van der Waals surface area contributed by atoms with Crippen molar-refractivity contribution in [2.75, 3.05) is 19.6 Å². The van der Waals surface area contributed by atoms with Crippen LogP contribution in [0.3, 0.4) is 0 Å². The van der Waals surface area contributed by atoms with Crippen LogP contribution in [-0.4, -0.2) is 29.1 Å². The summed E-state index contributed by atoms with van der Waals surface area (Å²) in [4.78, 5) is 14.1. The van der Waals surface area contributed by atoms with Gasteiger partial charge in [0.15, 0.2) is 0 Å². The van der Waals surface area contributed by atoms with E-state index in [9.17, 15) is 4.79 Å². The summed E-state index contributed by atoms with van der Waals surface area (Å²) in [6.45, 7) is 9.85. The molecule has 0 aromatic carbocycles. The van der Waals surface area contributed by atoms with Gasteiger partial charge in [-0.25, -0.2) is 0 Å². The zero-order valence-electron chi connectivity index (χ0n) is 10.2. The second-order valence-electron chi connectivity index (χ2n) is 3.87. The van der Waals surface area contributed by atoms with Gasteiger partial charge in [0.05, 0.1) is 0 Å². The minimum absolute atomic E-state index is 0.107. The Morgan fingerprint density at radius 3 is 2.56 bits per heavy atom. The van der Waals surface area contributed by atoms with Crippen LogP contribution in [0.2, 0.25) is 0 Å². The fourth-order valence-electron chi connectivity index (χ4n) is 1.69. The summed E-state index contributed by atoms with van der Waals surface area (Å²) in [5.74, 6) is 0. The monoisotopic (exact) mass is 286 g/mol.